The lowest BCUT2D eigenvalue weighted by Crippen LogP contribution is -2.42. The van der Waals surface area contributed by atoms with Crippen molar-refractivity contribution in [3.05, 3.63) is 11.6 Å². The Balaban J connectivity index is 2.53. The van der Waals surface area contributed by atoms with Crippen molar-refractivity contribution >= 4 is 31.2 Å². The van der Waals surface area contributed by atoms with E-state index >= 15 is 0 Å². The van der Waals surface area contributed by atoms with Crippen LogP contribution in [0, 0.1) is 0 Å². The van der Waals surface area contributed by atoms with E-state index in [-0.39, 0.29) is 8.42 Å². The Hall–Kier alpha value is -0.480. The maximum Gasteiger partial charge on any atom is 0.247 e. The Kier molecular flexibility index (Phi) is 3.34. The summed E-state index contributed by atoms with van der Waals surface area (Å²) in [5, 5.41) is 5.03. The molecule has 2 heterocycles. The predicted octanol–water partition coefficient (Wildman–Crippen LogP) is 0.0456. The zero-order chi connectivity index (χ0) is 14.6. The number of fused-ring (bicyclic) bond motifs is 1. The average molecular weight is 324 g/mol. The van der Waals surface area contributed by atoms with E-state index < -0.39 is 24.6 Å². The Morgan fingerprint density at radius 2 is 2.05 bits per heavy atom. The molecule has 9 heteroatoms. The first-order valence-corrected chi connectivity index (χ1v) is 9.37. The Morgan fingerprint density at radius 1 is 1.47 bits per heavy atom. The van der Waals surface area contributed by atoms with E-state index in [9.17, 15) is 16.8 Å². The van der Waals surface area contributed by atoms with Crippen LogP contribution in [0.25, 0.3) is 0 Å². The molecule has 0 aliphatic carbocycles. The largest absolute Gasteiger partial charge is 0.308 e. The molecule has 0 unspecified atom stereocenters. The second kappa shape index (κ2) is 4.26. The maximum atomic E-state index is 12.5. The molecule has 1 aromatic heterocycles. The Morgan fingerprint density at radius 3 is 2.47 bits per heavy atom. The van der Waals surface area contributed by atoms with Gasteiger partial charge in [-0.15, -0.1) is 11.3 Å². The highest BCUT2D eigenvalue weighted by Gasteiger charge is 2.49. The van der Waals surface area contributed by atoms with Gasteiger partial charge < -0.3 is 4.90 Å². The molecule has 0 saturated carbocycles. The van der Waals surface area contributed by atoms with Crippen LogP contribution >= 0.6 is 11.3 Å². The summed E-state index contributed by atoms with van der Waals surface area (Å²) in [6.45, 7) is 2.08. The van der Waals surface area contributed by atoms with Gasteiger partial charge in [0.1, 0.15) is 8.42 Å². The number of primary sulfonamides is 1. The number of rotatable bonds is 3. The molecule has 1 aliphatic heterocycles. The van der Waals surface area contributed by atoms with Crippen LogP contribution in [0.2, 0.25) is 0 Å². The predicted molar refractivity (Wildman–Crippen MR) is 73.5 cm³/mol. The molecule has 108 valence electrons. The Labute approximate surface area is 117 Å². The van der Waals surface area contributed by atoms with Crippen LogP contribution in [0.4, 0.5) is 0 Å². The number of sulfonamides is 1. The third kappa shape index (κ3) is 2.33. The van der Waals surface area contributed by atoms with Gasteiger partial charge in [-0.3, -0.25) is 0 Å². The first-order valence-electron chi connectivity index (χ1n) is 5.52. The lowest BCUT2D eigenvalue weighted by atomic mass is 10.0. The number of nitrogens with zero attached hydrogens (tertiary/aromatic N) is 1. The molecule has 0 bridgehead atoms. The van der Waals surface area contributed by atoms with Gasteiger partial charge in [0.15, 0.2) is 9.84 Å². The van der Waals surface area contributed by atoms with Gasteiger partial charge in [0.25, 0.3) is 0 Å². The topological polar surface area (TPSA) is 97.5 Å². The summed E-state index contributed by atoms with van der Waals surface area (Å²) in [6.07, 6.45) is 0.314. The smallest absolute Gasteiger partial charge is 0.247 e. The van der Waals surface area contributed by atoms with Gasteiger partial charge in [-0.1, -0.05) is 0 Å². The number of hydrogen-bond acceptors (Lipinski definition) is 6. The maximum absolute atomic E-state index is 12.5. The van der Waals surface area contributed by atoms with Gasteiger partial charge in [-0.25, -0.2) is 22.0 Å². The summed E-state index contributed by atoms with van der Waals surface area (Å²) >= 11 is 0.746. The highest BCUT2D eigenvalue weighted by molar-refractivity contribution is 7.96. The van der Waals surface area contributed by atoms with Crippen LogP contribution < -0.4 is 5.14 Å². The molecule has 0 radical (unpaired) electrons. The standard InChI is InChI=1S/C10H16N2O4S3/c1-10(6-12(2)3)5-7-4-8(19(11,15)16)17-9(7)18(10,13)14/h4H,5-6H2,1-3H3,(H2,11,15,16)/t10-/m1/s1. The first kappa shape index (κ1) is 14.9. The van der Waals surface area contributed by atoms with Crippen molar-refractivity contribution < 1.29 is 16.8 Å². The van der Waals surface area contributed by atoms with Crippen molar-refractivity contribution in [2.75, 3.05) is 20.6 Å². The quantitative estimate of drug-likeness (QED) is 0.847. The fraction of sp³-hybridized carbons (Fsp3) is 0.600. The summed E-state index contributed by atoms with van der Waals surface area (Å²) in [5.74, 6) is 0. The molecule has 0 aromatic carbocycles. The fourth-order valence-electron chi connectivity index (χ4n) is 2.41. The summed E-state index contributed by atoms with van der Waals surface area (Å²) in [5.41, 5.74) is 0.554. The van der Waals surface area contributed by atoms with Crippen molar-refractivity contribution in [3.8, 4) is 0 Å². The molecule has 6 nitrogen and oxygen atoms in total. The van der Waals surface area contributed by atoms with E-state index in [2.05, 4.69) is 0 Å². The summed E-state index contributed by atoms with van der Waals surface area (Å²) < 4.78 is 46.7. The third-order valence-corrected chi connectivity index (χ3v) is 8.76. The third-order valence-electron chi connectivity index (χ3n) is 3.14. The zero-order valence-corrected chi connectivity index (χ0v) is 13.3. The van der Waals surface area contributed by atoms with E-state index in [1.54, 1.807) is 6.92 Å². The van der Waals surface area contributed by atoms with Gasteiger partial charge in [0.05, 0.1) is 4.75 Å². The molecule has 0 fully saturated rings. The highest BCUT2D eigenvalue weighted by atomic mass is 32.3. The SMILES string of the molecule is CN(C)C[C@@]1(C)Cc2cc(S(N)(=O)=O)sc2S1(=O)=O. The number of sulfone groups is 1. The van der Waals surface area contributed by atoms with Crippen molar-refractivity contribution in [2.24, 2.45) is 5.14 Å². The van der Waals surface area contributed by atoms with Gasteiger partial charge in [-0.2, -0.15) is 0 Å². The number of thiophene rings is 1. The minimum atomic E-state index is -3.85. The second-order valence-electron chi connectivity index (χ2n) is 5.29. The molecule has 19 heavy (non-hydrogen) atoms. The van der Waals surface area contributed by atoms with Crippen LogP contribution in [0.3, 0.4) is 0 Å². The van der Waals surface area contributed by atoms with Crippen molar-refractivity contribution in [1.82, 2.24) is 4.90 Å². The number of nitrogens with two attached hydrogens (primary N) is 1. The van der Waals surface area contributed by atoms with E-state index in [4.69, 9.17) is 5.14 Å². The van der Waals surface area contributed by atoms with Crippen LogP contribution in [0.15, 0.2) is 14.5 Å². The monoisotopic (exact) mass is 324 g/mol. The van der Waals surface area contributed by atoms with Crippen LogP contribution in [0.5, 0.6) is 0 Å². The number of hydrogen-bond donors (Lipinski definition) is 1. The molecule has 1 aliphatic rings. The van der Waals surface area contributed by atoms with Crippen LogP contribution in [-0.2, 0) is 26.3 Å². The molecule has 1 aromatic rings. The highest BCUT2D eigenvalue weighted by Crippen LogP contribution is 2.44. The molecular formula is C10H16N2O4S3. The average Bonchev–Trinajstić information content (AvgIpc) is 2.65. The van der Waals surface area contributed by atoms with Crippen molar-refractivity contribution in [2.45, 2.75) is 26.5 Å². The molecular weight excluding hydrogens is 308 g/mol. The molecule has 0 saturated heterocycles. The van der Waals surface area contributed by atoms with Crippen LogP contribution in [-0.4, -0.2) is 47.1 Å². The van der Waals surface area contributed by atoms with Gasteiger partial charge >= 0.3 is 0 Å². The van der Waals surface area contributed by atoms with E-state index in [1.165, 1.54) is 6.07 Å². The van der Waals surface area contributed by atoms with E-state index in [1.807, 2.05) is 19.0 Å². The van der Waals surface area contributed by atoms with Gasteiger partial charge in [0.2, 0.25) is 10.0 Å². The van der Waals surface area contributed by atoms with Gasteiger partial charge in [0, 0.05) is 6.54 Å². The summed E-state index contributed by atoms with van der Waals surface area (Å²) in [6, 6.07) is 1.38. The molecule has 0 spiro atoms. The van der Waals surface area contributed by atoms with E-state index in [0.717, 1.165) is 11.3 Å². The minimum Gasteiger partial charge on any atom is -0.308 e. The van der Waals surface area contributed by atoms with Crippen LogP contribution in [0.1, 0.15) is 12.5 Å². The lowest BCUT2D eigenvalue weighted by molar-refractivity contribution is 0.352. The molecule has 2 N–H and O–H groups in total. The second-order valence-corrected chi connectivity index (χ2v) is 10.8. The zero-order valence-electron chi connectivity index (χ0n) is 10.9. The lowest BCUT2D eigenvalue weighted by Gasteiger charge is -2.26. The van der Waals surface area contributed by atoms with Crippen molar-refractivity contribution in [1.29, 1.82) is 0 Å². The Bertz CT molecular complexity index is 718. The van der Waals surface area contributed by atoms with E-state index in [0.29, 0.717) is 18.5 Å². The van der Waals surface area contributed by atoms with Crippen molar-refractivity contribution in [3.63, 3.8) is 0 Å². The fourth-order valence-corrected chi connectivity index (χ4v) is 7.24. The molecule has 2 rings (SSSR count). The molecule has 1 atom stereocenters. The minimum absolute atomic E-state index is 0.0898. The van der Waals surface area contributed by atoms with Gasteiger partial charge in [-0.05, 0) is 39.1 Å². The first-order chi connectivity index (χ1) is 8.47. The summed E-state index contributed by atoms with van der Waals surface area (Å²) in [4.78, 5) is 1.81. The normalized spacial score (nSPS) is 25.7. The summed E-state index contributed by atoms with van der Waals surface area (Å²) in [7, 11) is -3.75. The molecule has 0 amide bonds.